The number of fused-ring (bicyclic) bond motifs is 1. The molecule has 0 fully saturated rings. The molecule has 2 amide bonds. The molecular weight excluding hydrogens is 382 g/mol. The quantitative estimate of drug-likeness (QED) is 0.842. The number of rotatable bonds is 4. The Bertz CT molecular complexity index is 1030. The molecule has 0 aliphatic carbocycles. The van der Waals surface area contributed by atoms with Gasteiger partial charge in [0, 0.05) is 12.8 Å². The first-order chi connectivity index (χ1) is 14.4. The van der Waals surface area contributed by atoms with E-state index in [-0.39, 0.29) is 24.3 Å². The van der Waals surface area contributed by atoms with Gasteiger partial charge < -0.3 is 14.8 Å². The molecule has 0 bridgehead atoms. The van der Waals surface area contributed by atoms with Crippen LogP contribution in [0.2, 0.25) is 0 Å². The molecule has 0 aromatic heterocycles. The number of benzene rings is 2. The van der Waals surface area contributed by atoms with Crippen molar-refractivity contribution in [3.05, 3.63) is 53.1 Å². The Balaban J connectivity index is 1.52. The van der Waals surface area contributed by atoms with Crippen molar-refractivity contribution in [1.29, 1.82) is 0 Å². The van der Waals surface area contributed by atoms with Crippen LogP contribution in [0.15, 0.2) is 41.5 Å². The van der Waals surface area contributed by atoms with Gasteiger partial charge in [0.1, 0.15) is 18.9 Å². The molecule has 0 radical (unpaired) electrons. The fourth-order valence-corrected chi connectivity index (χ4v) is 3.55. The molecule has 2 heterocycles. The lowest BCUT2D eigenvalue weighted by atomic mass is 10.1. The molecule has 7 nitrogen and oxygen atoms in total. The molecule has 4 rings (SSSR count). The maximum atomic E-state index is 12.9. The van der Waals surface area contributed by atoms with E-state index in [4.69, 9.17) is 9.47 Å². The molecule has 156 valence electrons. The van der Waals surface area contributed by atoms with E-state index in [1.165, 1.54) is 5.01 Å². The van der Waals surface area contributed by atoms with E-state index in [2.05, 4.69) is 10.4 Å². The van der Waals surface area contributed by atoms with Crippen molar-refractivity contribution in [2.45, 2.75) is 39.7 Å². The summed E-state index contributed by atoms with van der Waals surface area (Å²) in [6, 6.07) is 11.2. The van der Waals surface area contributed by atoms with Gasteiger partial charge in [0.2, 0.25) is 5.91 Å². The van der Waals surface area contributed by atoms with Crippen molar-refractivity contribution < 1.29 is 19.1 Å². The Morgan fingerprint density at radius 2 is 1.83 bits per heavy atom. The van der Waals surface area contributed by atoms with Gasteiger partial charge in [-0.1, -0.05) is 18.2 Å². The highest BCUT2D eigenvalue weighted by molar-refractivity contribution is 6.40. The van der Waals surface area contributed by atoms with Crippen LogP contribution in [-0.2, 0) is 9.59 Å². The number of carbonyl (C=O) groups excluding carboxylic acids is 2. The third kappa shape index (κ3) is 4.01. The van der Waals surface area contributed by atoms with E-state index >= 15 is 0 Å². The zero-order chi connectivity index (χ0) is 21.3. The number of hydrogen-bond acceptors (Lipinski definition) is 5. The smallest absolute Gasteiger partial charge is 0.267 e. The first kappa shape index (κ1) is 19.9. The number of hydrogen-bond donors (Lipinski definition) is 1. The summed E-state index contributed by atoms with van der Waals surface area (Å²) >= 11 is 0. The molecule has 30 heavy (non-hydrogen) atoms. The second-order valence-corrected chi connectivity index (χ2v) is 7.64. The number of ether oxygens (including phenoxy) is 2. The lowest BCUT2D eigenvalue weighted by molar-refractivity contribution is -0.119. The Morgan fingerprint density at radius 3 is 2.63 bits per heavy atom. The summed E-state index contributed by atoms with van der Waals surface area (Å²) in [6.07, 6.45) is 0.567. The number of anilines is 1. The first-order valence-electron chi connectivity index (χ1n) is 10.1. The molecule has 7 heteroatoms. The predicted molar refractivity (Wildman–Crippen MR) is 114 cm³/mol. The summed E-state index contributed by atoms with van der Waals surface area (Å²) in [7, 11) is 0. The summed E-state index contributed by atoms with van der Waals surface area (Å²) in [6.45, 7) is 6.84. The van der Waals surface area contributed by atoms with Crippen molar-refractivity contribution in [2.75, 3.05) is 18.2 Å². The standard InChI is InChI=1S/C23H25N3O4/c1-14-4-5-15(2)19(12-14)26-22(27)9-7-18(25-26)23(28)24-16(3)17-6-8-20-21(13-17)30-11-10-29-20/h4-6,8,12-13,16H,7,9-11H2,1-3H3,(H,24,28)/t16-/m0/s1. The summed E-state index contributed by atoms with van der Waals surface area (Å²) in [5, 5.41) is 8.73. The third-order valence-electron chi connectivity index (χ3n) is 5.30. The monoisotopic (exact) mass is 407 g/mol. The molecule has 2 aliphatic rings. The number of carbonyl (C=O) groups is 2. The molecule has 0 spiro atoms. The highest BCUT2D eigenvalue weighted by Gasteiger charge is 2.27. The molecule has 0 saturated carbocycles. The first-order valence-corrected chi connectivity index (χ1v) is 10.1. The summed E-state index contributed by atoms with van der Waals surface area (Å²) in [5.41, 5.74) is 3.93. The lowest BCUT2D eigenvalue weighted by Gasteiger charge is -2.25. The number of amides is 2. The van der Waals surface area contributed by atoms with Crippen LogP contribution in [-0.4, -0.2) is 30.7 Å². The van der Waals surface area contributed by atoms with E-state index in [1.54, 1.807) is 0 Å². The predicted octanol–water partition coefficient (Wildman–Crippen LogP) is 3.43. The Hall–Kier alpha value is -3.35. The second-order valence-electron chi connectivity index (χ2n) is 7.64. The fourth-order valence-electron chi connectivity index (χ4n) is 3.55. The average Bonchev–Trinajstić information content (AvgIpc) is 2.75. The zero-order valence-electron chi connectivity index (χ0n) is 17.4. The van der Waals surface area contributed by atoms with Crippen molar-refractivity contribution >= 4 is 23.2 Å². The highest BCUT2D eigenvalue weighted by atomic mass is 16.6. The van der Waals surface area contributed by atoms with Crippen molar-refractivity contribution in [2.24, 2.45) is 5.10 Å². The minimum Gasteiger partial charge on any atom is -0.486 e. The third-order valence-corrected chi connectivity index (χ3v) is 5.30. The molecular formula is C23H25N3O4. The van der Waals surface area contributed by atoms with Gasteiger partial charge in [-0.05, 0) is 55.7 Å². The van der Waals surface area contributed by atoms with Crippen molar-refractivity contribution in [1.82, 2.24) is 5.32 Å². The van der Waals surface area contributed by atoms with Gasteiger partial charge in [0.15, 0.2) is 11.5 Å². The van der Waals surface area contributed by atoms with Gasteiger partial charge in [-0.15, -0.1) is 0 Å². The van der Waals surface area contributed by atoms with Gasteiger partial charge in [-0.3, -0.25) is 9.59 Å². The van der Waals surface area contributed by atoms with Gasteiger partial charge in [0.05, 0.1) is 11.7 Å². The SMILES string of the molecule is Cc1ccc(C)c(N2N=C(C(=O)N[C@@H](C)c3ccc4c(c3)OCCO4)CCC2=O)c1. The fraction of sp³-hybridized carbons (Fsp3) is 0.348. The van der Waals surface area contributed by atoms with Gasteiger partial charge in [-0.25, -0.2) is 5.01 Å². The van der Waals surface area contributed by atoms with Crippen LogP contribution in [0.4, 0.5) is 5.69 Å². The molecule has 1 N–H and O–H groups in total. The number of nitrogens with zero attached hydrogens (tertiary/aromatic N) is 2. The Morgan fingerprint density at radius 1 is 1.07 bits per heavy atom. The average molecular weight is 407 g/mol. The summed E-state index contributed by atoms with van der Waals surface area (Å²) in [4.78, 5) is 25.3. The highest BCUT2D eigenvalue weighted by Crippen LogP contribution is 2.32. The Kier molecular flexibility index (Phi) is 5.44. The van der Waals surface area contributed by atoms with Crippen molar-refractivity contribution in [3.8, 4) is 11.5 Å². The molecule has 2 aromatic rings. The van der Waals surface area contributed by atoms with E-state index in [0.29, 0.717) is 42.5 Å². The van der Waals surface area contributed by atoms with E-state index in [9.17, 15) is 9.59 Å². The van der Waals surface area contributed by atoms with Crippen LogP contribution in [0.3, 0.4) is 0 Å². The zero-order valence-corrected chi connectivity index (χ0v) is 17.4. The molecule has 2 aromatic carbocycles. The van der Waals surface area contributed by atoms with Crippen LogP contribution >= 0.6 is 0 Å². The second kappa shape index (κ2) is 8.18. The van der Waals surface area contributed by atoms with E-state index in [0.717, 1.165) is 16.7 Å². The number of nitrogens with one attached hydrogen (secondary N) is 1. The van der Waals surface area contributed by atoms with Gasteiger partial charge >= 0.3 is 0 Å². The van der Waals surface area contributed by atoms with Crippen LogP contribution in [0.1, 0.15) is 42.5 Å². The molecule has 2 aliphatic heterocycles. The van der Waals surface area contributed by atoms with E-state index in [1.807, 2.05) is 57.2 Å². The maximum Gasteiger partial charge on any atom is 0.267 e. The minimum atomic E-state index is -0.278. The van der Waals surface area contributed by atoms with Gasteiger partial charge in [0.25, 0.3) is 5.91 Å². The topological polar surface area (TPSA) is 80.2 Å². The molecule has 0 saturated heterocycles. The largest absolute Gasteiger partial charge is 0.486 e. The van der Waals surface area contributed by atoms with Crippen LogP contribution in [0, 0.1) is 13.8 Å². The number of aryl methyl sites for hydroxylation is 2. The lowest BCUT2D eigenvalue weighted by Crippen LogP contribution is -2.40. The van der Waals surface area contributed by atoms with Gasteiger partial charge in [-0.2, -0.15) is 5.10 Å². The maximum absolute atomic E-state index is 12.9. The normalized spacial score (nSPS) is 16.7. The van der Waals surface area contributed by atoms with E-state index < -0.39 is 0 Å². The minimum absolute atomic E-state index is 0.111. The van der Waals surface area contributed by atoms with Crippen LogP contribution in [0.25, 0.3) is 0 Å². The summed E-state index contributed by atoms with van der Waals surface area (Å²) in [5.74, 6) is 1.00. The van der Waals surface area contributed by atoms with Crippen molar-refractivity contribution in [3.63, 3.8) is 0 Å². The van der Waals surface area contributed by atoms with Crippen LogP contribution in [0.5, 0.6) is 11.5 Å². The number of hydrazone groups is 1. The molecule has 1 atom stereocenters. The Labute approximate surface area is 175 Å². The summed E-state index contributed by atoms with van der Waals surface area (Å²) < 4.78 is 11.2. The van der Waals surface area contributed by atoms with Crippen LogP contribution < -0.4 is 19.8 Å². The molecule has 0 unspecified atom stereocenters.